The van der Waals surface area contributed by atoms with E-state index in [0.29, 0.717) is 19.3 Å². The van der Waals surface area contributed by atoms with Crippen molar-refractivity contribution in [1.29, 1.82) is 0 Å². The standard InChI is InChI=1S/C79H136O16P2/c1-4-7-10-13-16-19-22-25-27-28-29-30-31-32-33-34-35-36-37-38-39-40-41-42-43-44-46-49-50-53-56-59-62-65-77(82)89-68-74(80)69-91-96(85,86)92-70-75(81)71-93-97(87,88)94-73-76(95-79(84)67-64-61-58-55-52-47-24-21-18-15-12-9-6-3)72-90-78(83)66-63-60-57-54-51-48-45-26-23-20-17-14-11-8-5-2/h7-8,10-11,16-17,19-21,24-27,29-30,32-33,35-36,45,74-76,80-81H,4-6,9,12-15,18,22-23,28,31,34,37-44,46-73H2,1-3H3,(H,85,86)(H,87,88)/b10-7-,11-8-,19-16-,20-17-,24-21-,27-25-,30-29-,33-32-,36-35-,45-26-. The minimum atomic E-state index is -4.93. The van der Waals surface area contributed by atoms with Crippen LogP contribution in [0, 0.1) is 0 Å². The van der Waals surface area contributed by atoms with E-state index in [2.05, 4.69) is 142 Å². The fourth-order valence-corrected chi connectivity index (χ4v) is 11.5. The Morgan fingerprint density at radius 1 is 0.299 bits per heavy atom. The Hall–Kier alpha value is -4.05. The molecule has 0 saturated heterocycles. The van der Waals surface area contributed by atoms with Crippen LogP contribution in [0.15, 0.2) is 122 Å². The molecule has 0 aromatic rings. The lowest BCUT2D eigenvalue weighted by Gasteiger charge is -2.21. The van der Waals surface area contributed by atoms with E-state index in [9.17, 15) is 43.5 Å². The van der Waals surface area contributed by atoms with Crippen LogP contribution in [0.5, 0.6) is 0 Å². The van der Waals surface area contributed by atoms with Crippen LogP contribution in [0.3, 0.4) is 0 Å². The molecule has 0 amide bonds. The van der Waals surface area contributed by atoms with E-state index in [-0.39, 0.29) is 19.3 Å². The predicted molar refractivity (Wildman–Crippen MR) is 399 cm³/mol. The monoisotopic (exact) mass is 1400 g/mol. The van der Waals surface area contributed by atoms with Crippen LogP contribution in [0.2, 0.25) is 0 Å². The molecule has 558 valence electrons. The number of aliphatic hydroxyl groups is 2. The Labute approximate surface area is 589 Å². The van der Waals surface area contributed by atoms with Gasteiger partial charge in [-0.25, -0.2) is 9.13 Å². The molecule has 97 heavy (non-hydrogen) atoms. The number of ether oxygens (including phenoxy) is 3. The summed E-state index contributed by atoms with van der Waals surface area (Å²) in [5.41, 5.74) is 0. The molecule has 0 aromatic heterocycles. The molecule has 0 aliphatic heterocycles. The number of phosphoric ester groups is 2. The van der Waals surface area contributed by atoms with Crippen molar-refractivity contribution in [3.63, 3.8) is 0 Å². The van der Waals surface area contributed by atoms with Gasteiger partial charge in [0.2, 0.25) is 0 Å². The summed E-state index contributed by atoms with van der Waals surface area (Å²) in [4.78, 5) is 58.4. The molecule has 16 nitrogen and oxygen atoms in total. The molecule has 18 heteroatoms. The molecule has 0 rings (SSSR count). The molecular weight excluding hydrogens is 1270 g/mol. The summed E-state index contributed by atoms with van der Waals surface area (Å²) < 4.78 is 60.9. The number of aliphatic hydroxyl groups excluding tert-OH is 2. The molecular formula is C79H136O16P2. The number of hydrogen-bond donors (Lipinski definition) is 4. The fourth-order valence-electron chi connectivity index (χ4n) is 9.94. The summed E-state index contributed by atoms with van der Waals surface area (Å²) in [7, 11) is -9.78. The van der Waals surface area contributed by atoms with E-state index >= 15 is 0 Å². The maximum atomic E-state index is 12.9. The fraction of sp³-hybridized carbons (Fsp3) is 0.709. The quantitative estimate of drug-likeness (QED) is 0.0146. The maximum Gasteiger partial charge on any atom is 0.472 e. The minimum absolute atomic E-state index is 0.0901. The molecule has 0 bridgehead atoms. The summed E-state index contributed by atoms with van der Waals surface area (Å²) in [6.45, 7) is 2.41. The summed E-state index contributed by atoms with van der Waals surface area (Å²) in [5, 5.41) is 20.6. The summed E-state index contributed by atoms with van der Waals surface area (Å²) in [6, 6.07) is 0. The maximum absolute atomic E-state index is 12.9. The van der Waals surface area contributed by atoms with Crippen molar-refractivity contribution in [1.82, 2.24) is 0 Å². The molecule has 0 fully saturated rings. The number of hydrogen-bond acceptors (Lipinski definition) is 14. The van der Waals surface area contributed by atoms with Gasteiger partial charge in [-0.2, -0.15) is 0 Å². The van der Waals surface area contributed by atoms with Gasteiger partial charge in [-0.05, 0) is 128 Å². The van der Waals surface area contributed by atoms with E-state index in [1.54, 1.807) is 0 Å². The molecule has 5 unspecified atom stereocenters. The van der Waals surface area contributed by atoms with Gasteiger partial charge in [-0.3, -0.25) is 32.5 Å². The highest BCUT2D eigenvalue weighted by Crippen LogP contribution is 2.45. The van der Waals surface area contributed by atoms with Crippen LogP contribution in [0.25, 0.3) is 0 Å². The molecule has 4 N–H and O–H groups in total. The Bertz CT molecular complexity index is 2250. The normalized spacial score (nSPS) is 14.8. The van der Waals surface area contributed by atoms with Crippen molar-refractivity contribution in [2.45, 2.75) is 322 Å². The van der Waals surface area contributed by atoms with Crippen LogP contribution in [-0.2, 0) is 55.8 Å². The van der Waals surface area contributed by atoms with Gasteiger partial charge in [-0.1, -0.05) is 277 Å². The second kappa shape index (κ2) is 71.8. The van der Waals surface area contributed by atoms with Crippen LogP contribution in [0.4, 0.5) is 0 Å². The number of esters is 3. The predicted octanol–water partition coefficient (Wildman–Crippen LogP) is 21.8. The van der Waals surface area contributed by atoms with Crippen molar-refractivity contribution in [2.24, 2.45) is 0 Å². The molecule has 0 heterocycles. The van der Waals surface area contributed by atoms with Crippen LogP contribution >= 0.6 is 15.6 Å². The lowest BCUT2D eigenvalue weighted by molar-refractivity contribution is -0.161. The zero-order valence-electron chi connectivity index (χ0n) is 60.7. The first-order valence-corrected chi connectivity index (χ1v) is 40.8. The van der Waals surface area contributed by atoms with Gasteiger partial charge >= 0.3 is 33.6 Å². The third-order valence-electron chi connectivity index (χ3n) is 15.7. The average molecular weight is 1400 g/mol. The number of allylic oxidation sites excluding steroid dienone is 20. The molecule has 5 atom stereocenters. The molecule has 0 aliphatic rings. The smallest absolute Gasteiger partial charge is 0.463 e. The topological polar surface area (TPSA) is 231 Å². The SMILES string of the molecule is CC/C=C\C/C=C\C/C=C\C/C=C\C/C=C\C/C=C\CCCCCCCCCCCCCCCCC(=O)OCC(O)COP(=O)(O)OCC(O)COP(=O)(O)OCC(COC(=O)CCCCCCC/C=C\C/C=C\C/C=C\CC)OC(=O)CCCCCCC/C=C\CCCCCC. The van der Waals surface area contributed by atoms with E-state index in [1.807, 2.05) is 0 Å². The third kappa shape index (κ3) is 73.0. The largest absolute Gasteiger partial charge is 0.472 e. The molecule has 0 aliphatic carbocycles. The van der Waals surface area contributed by atoms with Gasteiger partial charge in [0.25, 0.3) is 0 Å². The lowest BCUT2D eigenvalue weighted by Crippen LogP contribution is -2.30. The molecule has 0 saturated carbocycles. The van der Waals surface area contributed by atoms with Gasteiger partial charge in [0.15, 0.2) is 6.10 Å². The number of unbranched alkanes of at least 4 members (excludes halogenated alkanes) is 28. The van der Waals surface area contributed by atoms with Crippen molar-refractivity contribution >= 4 is 33.6 Å². The number of carbonyl (C=O) groups excluding carboxylic acids is 3. The van der Waals surface area contributed by atoms with Gasteiger partial charge in [-0.15, -0.1) is 0 Å². The highest BCUT2D eigenvalue weighted by atomic mass is 31.2. The van der Waals surface area contributed by atoms with Crippen LogP contribution in [-0.4, -0.2) is 95.9 Å². The first-order chi connectivity index (χ1) is 47.2. The second-order valence-electron chi connectivity index (χ2n) is 25.0. The van der Waals surface area contributed by atoms with Crippen molar-refractivity contribution < 1.29 is 75.8 Å². The Kier molecular flexibility index (Phi) is 68.8. The summed E-state index contributed by atoms with van der Waals surface area (Å²) in [5.74, 6) is -1.60. The lowest BCUT2D eigenvalue weighted by atomic mass is 10.0. The summed E-state index contributed by atoms with van der Waals surface area (Å²) in [6.07, 6.45) is 84.1. The van der Waals surface area contributed by atoms with Crippen molar-refractivity contribution in [3.8, 4) is 0 Å². The van der Waals surface area contributed by atoms with E-state index < -0.39 is 91.5 Å². The highest BCUT2D eigenvalue weighted by Gasteiger charge is 2.29. The summed E-state index contributed by atoms with van der Waals surface area (Å²) >= 11 is 0. The number of rotatable bonds is 71. The van der Waals surface area contributed by atoms with E-state index in [1.165, 1.54) is 89.9 Å². The third-order valence-corrected chi connectivity index (χ3v) is 17.6. The molecule has 0 spiro atoms. The number of phosphoric acid groups is 2. The van der Waals surface area contributed by atoms with Crippen LogP contribution < -0.4 is 0 Å². The highest BCUT2D eigenvalue weighted by molar-refractivity contribution is 7.47. The second-order valence-corrected chi connectivity index (χ2v) is 27.9. The van der Waals surface area contributed by atoms with Crippen LogP contribution in [0.1, 0.15) is 303 Å². The van der Waals surface area contributed by atoms with Gasteiger partial charge in [0, 0.05) is 19.3 Å². The van der Waals surface area contributed by atoms with E-state index in [4.69, 9.17) is 32.3 Å². The minimum Gasteiger partial charge on any atom is -0.463 e. The molecule has 0 radical (unpaired) electrons. The first kappa shape index (κ1) is 93.0. The number of carbonyl (C=O) groups is 3. The zero-order valence-corrected chi connectivity index (χ0v) is 62.5. The van der Waals surface area contributed by atoms with Gasteiger partial charge in [0.05, 0.1) is 26.4 Å². The first-order valence-electron chi connectivity index (χ1n) is 37.8. The zero-order chi connectivity index (χ0) is 70.9. The van der Waals surface area contributed by atoms with Gasteiger partial charge < -0.3 is 34.2 Å². The Morgan fingerprint density at radius 3 is 0.876 bits per heavy atom. The molecule has 0 aromatic carbocycles. The van der Waals surface area contributed by atoms with Crippen molar-refractivity contribution in [2.75, 3.05) is 39.6 Å². The Morgan fingerprint density at radius 2 is 0.546 bits per heavy atom. The average Bonchev–Trinajstić information content (AvgIpc) is 1.49. The van der Waals surface area contributed by atoms with Crippen molar-refractivity contribution in [3.05, 3.63) is 122 Å². The van der Waals surface area contributed by atoms with E-state index in [0.717, 1.165) is 154 Å². The van der Waals surface area contributed by atoms with Gasteiger partial charge in [0.1, 0.15) is 25.4 Å². The Balaban J connectivity index is 4.39.